The molecule has 0 unspecified atom stereocenters. The summed E-state index contributed by atoms with van der Waals surface area (Å²) in [6.45, 7) is 7.20. The van der Waals surface area contributed by atoms with Crippen molar-refractivity contribution in [1.82, 2.24) is 9.97 Å². The average molecular weight is 868 g/mol. The van der Waals surface area contributed by atoms with E-state index in [4.69, 9.17) is 9.97 Å². The number of rotatable bonds is 14. The largest absolute Gasteiger partial charge is 3.00 e. The fourth-order valence-corrected chi connectivity index (χ4v) is 5.77. The van der Waals surface area contributed by atoms with Gasteiger partial charge in [0, 0.05) is 11.6 Å². The average Bonchev–Trinajstić information content (AvgIpc) is 3.15. The fourth-order valence-electron chi connectivity index (χ4n) is 5.77. The summed E-state index contributed by atoms with van der Waals surface area (Å²) >= 11 is 0. The molecule has 6 rings (SSSR count). The van der Waals surface area contributed by atoms with E-state index in [0.717, 1.165) is 52.8 Å². The molecule has 0 aliphatic heterocycles. The fraction of sp³-hybridized carbons (Fsp3) is 0.298. The summed E-state index contributed by atoms with van der Waals surface area (Å²) in [4.78, 5) is 29.4. The first-order chi connectivity index (χ1) is 24.9. The summed E-state index contributed by atoms with van der Waals surface area (Å²) in [5.41, 5.74) is 8.97. The predicted molar refractivity (Wildman–Crippen MR) is 213 cm³/mol. The molecule has 5 heteroatoms. The van der Waals surface area contributed by atoms with Crippen LogP contribution in [-0.4, -0.2) is 21.5 Å². The van der Waals surface area contributed by atoms with Gasteiger partial charge in [-0.15, -0.1) is 70.8 Å². The summed E-state index contributed by atoms with van der Waals surface area (Å²) in [5.74, 6) is -0.375. The molecule has 0 radical (unpaired) electrons. The molecule has 0 atom stereocenters. The number of hydrogen-bond acceptors (Lipinski definition) is 4. The van der Waals surface area contributed by atoms with Gasteiger partial charge in [0.15, 0.2) is 0 Å². The Morgan fingerprint density at radius 2 is 0.962 bits per heavy atom. The van der Waals surface area contributed by atoms with Crippen LogP contribution in [0.25, 0.3) is 44.3 Å². The Kier molecular flexibility index (Phi) is 18.7. The molecular formula is C47H51IrN2O2. The first-order valence-electron chi connectivity index (χ1n) is 18.5. The Balaban J connectivity index is 0.000000234. The Morgan fingerprint density at radius 1 is 0.538 bits per heavy atom. The van der Waals surface area contributed by atoms with Gasteiger partial charge in [-0.1, -0.05) is 139 Å². The van der Waals surface area contributed by atoms with Gasteiger partial charge < -0.3 is 9.59 Å². The Bertz CT molecular complexity index is 1810. The number of hydrogen-bond donors (Lipinski definition) is 0. The van der Waals surface area contributed by atoms with Crippen LogP contribution in [0, 0.1) is 18.6 Å². The summed E-state index contributed by atoms with van der Waals surface area (Å²) < 4.78 is 0. The second-order valence-corrected chi connectivity index (χ2v) is 13.0. The van der Waals surface area contributed by atoms with Crippen molar-refractivity contribution in [3.8, 4) is 22.5 Å². The Labute approximate surface area is 324 Å². The van der Waals surface area contributed by atoms with Crippen molar-refractivity contribution >= 4 is 33.4 Å². The number of fused-ring (bicyclic) bond motifs is 2. The van der Waals surface area contributed by atoms with Gasteiger partial charge in [-0.2, -0.15) is 0 Å². The Hall–Kier alpha value is -4.44. The van der Waals surface area contributed by atoms with Gasteiger partial charge in [0.25, 0.3) is 0 Å². The number of unbranched alkanes of at least 4 members (excludes halogenated alkanes) is 6. The van der Waals surface area contributed by atoms with Crippen molar-refractivity contribution in [3.63, 3.8) is 0 Å². The number of pyridine rings is 2. The summed E-state index contributed by atoms with van der Waals surface area (Å²) in [6, 6.07) is 44.6. The summed E-state index contributed by atoms with van der Waals surface area (Å²) in [7, 11) is 0. The second-order valence-electron chi connectivity index (χ2n) is 13.0. The Morgan fingerprint density at radius 3 is 1.31 bits per heavy atom. The van der Waals surface area contributed by atoms with E-state index in [-0.39, 0.29) is 31.7 Å². The van der Waals surface area contributed by atoms with Gasteiger partial charge in [0.2, 0.25) is 0 Å². The number of para-hydroxylation sites is 2. The number of aryl methyl sites for hydroxylation is 2. The third-order valence-corrected chi connectivity index (χ3v) is 8.55. The topological polar surface area (TPSA) is 59.9 Å². The third kappa shape index (κ3) is 14.3. The van der Waals surface area contributed by atoms with E-state index in [1.807, 2.05) is 24.3 Å². The van der Waals surface area contributed by atoms with E-state index >= 15 is 0 Å². The molecule has 6 aromatic rings. The number of ketones is 2. The van der Waals surface area contributed by atoms with Crippen LogP contribution in [0.5, 0.6) is 0 Å². The number of carbonyl (C=O) groups excluding carboxylic acids is 2. The van der Waals surface area contributed by atoms with E-state index in [0.29, 0.717) is 0 Å². The number of Topliss-reactive ketones (excluding diaryl/α,β-unsaturated/α-hetero) is 2. The molecule has 0 aliphatic carbocycles. The van der Waals surface area contributed by atoms with Crippen LogP contribution in [0.2, 0.25) is 0 Å². The van der Waals surface area contributed by atoms with Crippen molar-refractivity contribution in [3.05, 3.63) is 139 Å². The first kappa shape index (κ1) is 42.0. The van der Waals surface area contributed by atoms with Crippen LogP contribution in [0.4, 0.5) is 0 Å². The quantitative estimate of drug-likeness (QED) is 0.0622. The molecule has 0 N–H and O–H groups in total. The van der Waals surface area contributed by atoms with E-state index in [2.05, 4.69) is 111 Å². The number of aromatic nitrogens is 2. The van der Waals surface area contributed by atoms with Crippen LogP contribution < -0.4 is 0 Å². The molecule has 4 aromatic carbocycles. The molecule has 4 nitrogen and oxygen atoms in total. The molecule has 0 aliphatic rings. The molecule has 0 spiro atoms. The van der Waals surface area contributed by atoms with Gasteiger partial charge in [-0.25, -0.2) is 0 Å². The maximum atomic E-state index is 9.98. The molecule has 52 heavy (non-hydrogen) atoms. The van der Waals surface area contributed by atoms with Gasteiger partial charge in [0.05, 0.1) is 11.0 Å². The minimum atomic E-state index is -0.187. The zero-order valence-electron chi connectivity index (χ0n) is 31.1. The molecule has 270 valence electrons. The molecule has 2 heterocycles. The number of nitrogens with zero attached hydrogens (tertiary/aromatic N) is 2. The van der Waals surface area contributed by atoms with E-state index in [1.165, 1.54) is 87.1 Å². The molecule has 0 saturated heterocycles. The minimum Gasteiger partial charge on any atom is -0.334 e. The minimum absolute atomic E-state index is 0. The molecule has 0 fully saturated rings. The van der Waals surface area contributed by atoms with Gasteiger partial charge in [0.1, 0.15) is 0 Å². The van der Waals surface area contributed by atoms with Crippen molar-refractivity contribution in [1.29, 1.82) is 0 Å². The standard InChI is InChI=1S/2C21H22N.C5H7O2.Ir/c2*1-2-3-4-5-8-17-11-13-19(14-12-17)21-16-15-18-9-6-7-10-20(18)22-21;1-4(6)3-5(2)7;/h2*6-7,9-13,15-16H,2-5,8H2,1H3;3H,1-2H3;/q3*-1;+3. The first-order valence-corrected chi connectivity index (χ1v) is 18.5. The van der Waals surface area contributed by atoms with Crippen LogP contribution >= 0.6 is 0 Å². The molecule has 0 saturated carbocycles. The van der Waals surface area contributed by atoms with Crippen LogP contribution in [-0.2, 0) is 42.5 Å². The smallest absolute Gasteiger partial charge is 0.334 e. The van der Waals surface area contributed by atoms with E-state index in [9.17, 15) is 9.59 Å². The predicted octanol–water partition coefficient (Wildman–Crippen LogP) is 12.0. The van der Waals surface area contributed by atoms with Crippen molar-refractivity contribution < 1.29 is 29.7 Å². The normalized spacial score (nSPS) is 10.3. The molecule has 2 aromatic heterocycles. The zero-order valence-corrected chi connectivity index (χ0v) is 33.5. The van der Waals surface area contributed by atoms with Crippen LogP contribution in [0.1, 0.15) is 90.2 Å². The number of benzene rings is 4. The summed E-state index contributed by atoms with van der Waals surface area (Å²) in [5, 5.41) is 2.36. The zero-order chi connectivity index (χ0) is 36.3. The van der Waals surface area contributed by atoms with Gasteiger partial charge >= 0.3 is 20.1 Å². The summed E-state index contributed by atoms with van der Waals surface area (Å²) in [6.07, 6.45) is 13.8. The monoisotopic (exact) mass is 868 g/mol. The van der Waals surface area contributed by atoms with Crippen LogP contribution in [0.15, 0.2) is 109 Å². The van der Waals surface area contributed by atoms with Crippen molar-refractivity contribution in [2.24, 2.45) is 0 Å². The maximum absolute atomic E-state index is 9.98. The van der Waals surface area contributed by atoms with Gasteiger partial charge in [-0.05, 0) is 48.1 Å². The second kappa shape index (κ2) is 23.2. The third-order valence-electron chi connectivity index (χ3n) is 8.55. The van der Waals surface area contributed by atoms with Crippen LogP contribution in [0.3, 0.4) is 0 Å². The van der Waals surface area contributed by atoms with Crippen molar-refractivity contribution in [2.45, 2.75) is 91.9 Å². The van der Waals surface area contributed by atoms with Crippen molar-refractivity contribution in [2.75, 3.05) is 0 Å². The maximum Gasteiger partial charge on any atom is 3.00 e. The molecular weight excluding hydrogens is 817 g/mol. The number of carbonyl (C=O) groups is 2. The van der Waals surface area contributed by atoms with E-state index in [1.54, 1.807) is 0 Å². The molecule has 0 amide bonds. The van der Waals surface area contributed by atoms with Gasteiger partial charge in [-0.3, -0.25) is 16.4 Å². The molecule has 0 bridgehead atoms. The SMILES string of the molecule is CC(=O)[CH-]C(C)=O.CCCCCCc1c[c-]c(-c2ccc3ccccc3n2)cc1.CCCCCCc1c[c-]c(-c2ccc3ccccc3n2)cc1.[Ir+3]. The van der Waals surface area contributed by atoms with E-state index < -0.39 is 0 Å².